The number of alkyl halides is 3. The van der Waals surface area contributed by atoms with Gasteiger partial charge in [-0.2, -0.15) is 13.2 Å². The van der Waals surface area contributed by atoms with E-state index in [-0.39, 0.29) is 12.4 Å². The fourth-order valence-electron chi connectivity index (χ4n) is 3.18. The van der Waals surface area contributed by atoms with Gasteiger partial charge in [0, 0.05) is 25.2 Å². The molecule has 10 heteroatoms. The number of carbonyl (C=O) groups excluding carboxylic acids is 1. The molecule has 3 rings (SSSR count). The Kier molecular flexibility index (Phi) is 5.95. The molecule has 0 aliphatic carbocycles. The number of oxazole rings is 1. The number of amides is 1. The first kappa shape index (κ1) is 21.3. The van der Waals surface area contributed by atoms with Gasteiger partial charge in [0.1, 0.15) is 12.4 Å². The van der Waals surface area contributed by atoms with Crippen molar-refractivity contribution in [1.29, 1.82) is 0 Å². The number of rotatable bonds is 5. The van der Waals surface area contributed by atoms with Crippen LogP contribution in [0.5, 0.6) is 0 Å². The van der Waals surface area contributed by atoms with Crippen LogP contribution in [0, 0.1) is 5.82 Å². The number of aromatic nitrogens is 1. The average Bonchev–Trinajstić information content (AvgIpc) is 3.17. The molecule has 1 aromatic carbocycles. The molecule has 6 nitrogen and oxygen atoms in total. The molecule has 1 atom stereocenters. The zero-order chi connectivity index (χ0) is 21.2. The van der Waals surface area contributed by atoms with Gasteiger partial charge in [-0.3, -0.25) is 9.69 Å². The fourth-order valence-corrected chi connectivity index (χ4v) is 3.18. The molecule has 2 heterocycles. The molecule has 0 saturated carbocycles. The summed E-state index contributed by atoms with van der Waals surface area (Å²) in [6.07, 6.45) is -2.92. The van der Waals surface area contributed by atoms with Gasteiger partial charge in [-0.25, -0.2) is 9.37 Å². The largest absolute Gasteiger partial charge is 0.439 e. The summed E-state index contributed by atoms with van der Waals surface area (Å²) >= 11 is 0. The van der Waals surface area contributed by atoms with Gasteiger partial charge in [-0.05, 0) is 38.1 Å². The number of carbonyl (C=O) groups is 1. The summed E-state index contributed by atoms with van der Waals surface area (Å²) in [4.78, 5) is 18.4. The molecule has 0 spiro atoms. The van der Waals surface area contributed by atoms with Crippen LogP contribution < -0.4 is 10.6 Å². The molecule has 1 aliphatic heterocycles. The van der Waals surface area contributed by atoms with Crippen molar-refractivity contribution in [2.75, 3.05) is 26.2 Å². The average molecular weight is 414 g/mol. The number of halogens is 4. The highest BCUT2D eigenvalue weighted by atomic mass is 19.4. The third-order valence-corrected chi connectivity index (χ3v) is 4.90. The quantitative estimate of drug-likeness (QED) is 0.737. The lowest BCUT2D eigenvalue weighted by Crippen LogP contribution is -2.61. The standard InChI is InChI=1S/C19H22F4N4O2/c1-18(2,17-25-9-15(29-17)12-3-5-13(20)6-4-12)27-8-7-24-14(10-27)16(28)26-11-19(21,22)23/h3-6,9,14,24H,7-8,10-11H2,1-2H3,(H,26,28)/t14-/m0/s1. The lowest BCUT2D eigenvalue weighted by Gasteiger charge is -2.41. The summed E-state index contributed by atoms with van der Waals surface area (Å²) < 4.78 is 56.0. The molecule has 0 unspecified atom stereocenters. The second-order valence-corrected chi connectivity index (χ2v) is 7.38. The minimum Gasteiger partial charge on any atom is -0.439 e. The number of hydrogen-bond donors (Lipinski definition) is 2. The second kappa shape index (κ2) is 8.11. The Labute approximate surface area is 165 Å². The lowest BCUT2D eigenvalue weighted by atomic mass is 10.00. The van der Waals surface area contributed by atoms with Crippen LogP contribution in [-0.4, -0.2) is 54.2 Å². The smallest absolute Gasteiger partial charge is 0.405 e. The predicted molar refractivity (Wildman–Crippen MR) is 97.4 cm³/mol. The summed E-state index contributed by atoms with van der Waals surface area (Å²) in [6, 6.07) is 5.03. The summed E-state index contributed by atoms with van der Waals surface area (Å²) in [5, 5.41) is 4.85. The van der Waals surface area contributed by atoms with E-state index in [0.717, 1.165) is 0 Å². The van der Waals surface area contributed by atoms with Gasteiger partial charge in [-0.1, -0.05) is 0 Å². The van der Waals surface area contributed by atoms with E-state index in [2.05, 4.69) is 10.3 Å². The van der Waals surface area contributed by atoms with E-state index in [1.807, 2.05) is 24.1 Å². The van der Waals surface area contributed by atoms with E-state index < -0.39 is 30.2 Å². The normalized spacial score (nSPS) is 18.6. The molecule has 0 bridgehead atoms. The van der Waals surface area contributed by atoms with Crippen LogP contribution in [0.4, 0.5) is 17.6 Å². The van der Waals surface area contributed by atoms with Gasteiger partial charge in [-0.15, -0.1) is 0 Å². The zero-order valence-corrected chi connectivity index (χ0v) is 16.0. The Morgan fingerprint density at radius 1 is 1.31 bits per heavy atom. The van der Waals surface area contributed by atoms with Crippen molar-refractivity contribution in [1.82, 2.24) is 20.5 Å². The highest BCUT2D eigenvalue weighted by Crippen LogP contribution is 2.31. The number of benzene rings is 1. The van der Waals surface area contributed by atoms with E-state index in [9.17, 15) is 22.4 Å². The molecular formula is C19H22F4N4O2. The van der Waals surface area contributed by atoms with Crippen LogP contribution in [0.25, 0.3) is 11.3 Å². The first-order valence-corrected chi connectivity index (χ1v) is 9.11. The molecule has 1 saturated heterocycles. The number of hydrogen-bond acceptors (Lipinski definition) is 5. The molecule has 2 N–H and O–H groups in total. The van der Waals surface area contributed by atoms with Crippen molar-refractivity contribution in [3.63, 3.8) is 0 Å². The van der Waals surface area contributed by atoms with Crippen LogP contribution in [0.3, 0.4) is 0 Å². The molecule has 1 fully saturated rings. The maximum atomic E-state index is 13.1. The number of nitrogens with one attached hydrogen (secondary N) is 2. The highest BCUT2D eigenvalue weighted by molar-refractivity contribution is 5.82. The van der Waals surface area contributed by atoms with Gasteiger partial charge in [0.2, 0.25) is 11.8 Å². The second-order valence-electron chi connectivity index (χ2n) is 7.38. The fraction of sp³-hybridized carbons (Fsp3) is 0.474. The Morgan fingerprint density at radius 3 is 2.66 bits per heavy atom. The highest BCUT2D eigenvalue weighted by Gasteiger charge is 2.39. The SMILES string of the molecule is CC(C)(c1ncc(-c2ccc(F)cc2)o1)N1CCN[C@H](C(=O)NCC(F)(F)F)C1. The van der Waals surface area contributed by atoms with Gasteiger partial charge in [0.05, 0.1) is 17.8 Å². The molecule has 1 aliphatic rings. The molecule has 1 amide bonds. The molecule has 0 radical (unpaired) electrons. The monoisotopic (exact) mass is 414 g/mol. The van der Waals surface area contributed by atoms with Crippen molar-refractivity contribution >= 4 is 5.91 Å². The van der Waals surface area contributed by atoms with Gasteiger partial charge in [0.15, 0.2) is 5.76 Å². The topological polar surface area (TPSA) is 70.4 Å². The van der Waals surface area contributed by atoms with Crippen LogP contribution in [0.2, 0.25) is 0 Å². The Bertz CT molecular complexity index is 849. The Hall–Kier alpha value is -2.46. The van der Waals surface area contributed by atoms with Crippen molar-refractivity contribution < 1.29 is 26.8 Å². The summed E-state index contributed by atoms with van der Waals surface area (Å²) in [5.74, 6) is -0.192. The van der Waals surface area contributed by atoms with Gasteiger partial charge >= 0.3 is 6.18 Å². The summed E-state index contributed by atoms with van der Waals surface area (Å²) in [6.45, 7) is 3.55. The summed E-state index contributed by atoms with van der Waals surface area (Å²) in [7, 11) is 0. The van der Waals surface area contributed by atoms with Crippen LogP contribution in [-0.2, 0) is 10.3 Å². The van der Waals surface area contributed by atoms with Crippen LogP contribution in [0.1, 0.15) is 19.7 Å². The number of piperazine rings is 1. The minimum atomic E-state index is -4.46. The van der Waals surface area contributed by atoms with E-state index in [1.54, 1.807) is 18.3 Å². The minimum absolute atomic E-state index is 0.199. The maximum absolute atomic E-state index is 13.1. The Balaban J connectivity index is 1.70. The predicted octanol–water partition coefficient (Wildman–Crippen LogP) is 2.67. The third-order valence-electron chi connectivity index (χ3n) is 4.90. The molecule has 158 valence electrons. The zero-order valence-electron chi connectivity index (χ0n) is 16.0. The Morgan fingerprint density at radius 2 is 2.00 bits per heavy atom. The summed E-state index contributed by atoms with van der Waals surface area (Å²) in [5.41, 5.74) is -0.0335. The van der Waals surface area contributed by atoms with E-state index in [4.69, 9.17) is 4.42 Å². The van der Waals surface area contributed by atoms with E-state index in [0.29, 0.717) is 30.3 Å². The van der Waals surface area contributed by atoms with E-state index >= 15 is 0 Å². The van der Waals surface area contributed by atoms with Crippen molar-refractivity contribution in [3.8, 4) is 11.3 Å². The van der Waals surface area contributed by atoms with Crippen molar-refractivity contribution in [2.45, 2.75) is 31.6 Å². The molecular weight excluding hydrogens is 392 g/mol. The molecule has 1 aromatic heterocycles. The lowest BCUT2D eigenvalue weighted by molar-refractivity contribution is -0.140. The van der Waals surface area contributed by atoms with Gasteiger partial charge in [0.25, 0.3) is 0 Å². The van der Waals surface area contributed by atoms with Crippen molar-refractivity contribution in [2.24, 2.45) is 0 Å². The van der Waals surface area contributed by atoms with Crippen LogP contribution in [0.15, 0.2) is 34.9 Å². The molecule has 29 heavy (non-hydrogen) atoms. The number of nitrogens with zero attached hydrogens (tertiary/aromatic N) is 2. The maximum Gasteiger partial charge on any atom is 0.405 e. The first-order chi connectivity index (χ1) is 13.6. The van der Waals surface area contributed by atoms with Crippen LogP contribution >= 0.6 is 0 Å². The van der Waals surface area contributed by atoms with E-state index in [1.165, 1.54) is 12.1 Å². The third kappa shape index (κ3) is 5.13. The van der Waals surface area contributed by atoms with Gasteiger partial charge < -0.3 is 15.1 Å². The first-order valence-electron chi connectivity index (χ1n) is 9.11. The molecule has 2 aromatic rings. The van der Waals surface area contributed by atoms with Crippen molar-refractivity contribution in [3.05, 3.63) is 42.2 Å².